The standard InChI is InChI=1S/C15H13N3.C2H6/c1-16-15-17-10-13-9-12(7-8-14(13)18-15)11-5-3-2-4-6-11;1-2/h2-10H,1H3,(H,16,17,18);1-2H3. The van der Waals surface area contributed by atoms with Crippen molar-refractivity contribution in [3.63, 3.8) is 0 Å². The van der Waals surface area contributed by atoms with Crippen LogP contribution in [0, 0.1) is 0 Å². The first-order valence-electron chi connectivity index (χ1n) is 6.87. The largest absolute Gasteiger partial charge is 0.357 e. The normalized spacial score (nSPS) is 9.75. The second kappa shape index (κ2) is 6.66. The van der Waals surface area contributed by atoms with Gasteiger partial charge in [-0.2, -0.15) is 0 Å². The quantitative estimate of drug-likeness (QED) is 0.748. The third-order valence-corrected chi connectivity index (χ3v) is 2.91. The van der Waals surface area contributed by atoms with Gasteiger partial charge >= 0.3 is 0 Å². The lowest BCUT2D eigenvalue weighted by atomic mass is 10.0. The fourth-order valence-corrected chi connectivity index (χ4v) is 1.96. The highest BCUT2D eigenvalue weighted by Crippen LogP contribution is 2.23. The minimum Gasteiger partial charge on any atom is -0.357 e. The van der Waals surface area contributed by atoms with Gasteiger partial charge in [0, 0.05) is 18.6 Å². The van der Waals surface area contributed by atoms with E-state index >= 15 is 0 Å². The van der Waals surface area contributed by atoms with Crippen molar-refractivity contribution in [2.24, 2.45) is 0 Å². The summed E-state index contributed by atoms with van der Waals surface area (Å²) in [7, 11) is 1.82. The number of aromatic nitrogens is 2. The maximum Gasteiger partial charge on any atom is 0.222 e. The Kier molecular flexibility index (Phi) is 4.66. The molecule has 102 valence electrons. The third kappa shape index (κ3) is 2.94. The zero-order chi connectivity index (χ0) is 14.4. The monoisotopic (exact) mass is 265 g/mol. The van der Waals surface area contributed by atoms with Gasteiger partial charge in [-0.1, -0.05) is 50.2 Å². The van der Waals surface area contributed by atoms with Crippen LogP contribution in [0.1, 0.15) is 13.8 Å². The third-order valence-electron chi connectivity index (χ3n) is 2.91. The maximum absolute atomic E-state index is 4.41. The Bertz CT molecular complexity index is 678. The van der Waals surface area contributed by atoms with E-state index in [4.69, 9.17) is 0 Å². The van der Waals surface area contributed by atoms with Gasteiger partial charge in [-0.25, -0.2) is 9.97 Å². The molecule has 0 radical (unpaired) electrons. The van der Waals surface area contributed by atoms with Gasteiger partial charge in [-0.3, -0.25) is 0 Å². The molecule has 2 aromatic carbocycles. The number of fused-ring (bicyclic) bond motifs is 1. The van der Waals surface area contributed by atoms with Crippen LogP contribution in [0.3, 0.4) is 0 Å². The van der Waals surface area contributed by atoms with Crippen LogP contribution in [0.4, 0.5) is 5.95 Å². The summed E-state index contributed by atoms with van der Waals surface area (Å²) >= 11 is 0. The van der Waals surface area contributed by atoms with Gasteiger partial charge in [0.2, 0.25) is 5.95 Å². The summed E-state index contributed by atoms with van der Waals surface area (Å²) < 4.78 is 0. The highest BCUT2D eigenvalue weighted by atomic mass is 15.1. The van der Waals surface area contributed by atoms with E-state index in [2.05, 4.69) is 39.6 Å². The summed E-state index contributed by atoms with van der Waals surface area (Å²) in [4.78, 5) is 8.64. The van der Waals surface area contributed by atoms with Crippen LogP contribution >= 0.6 is 0 Å². The number of nitrogens with one attached hydrogen (secondary N) is 1. The molecule has 0 saturated heterocycles. The van der Waals surface area contributed by atoms with E-state index in [0.29, 0.717) is 5.95 Å². The van der Waals surface area contributed by atoms with Crippen molar-refractivity contribution in [2.45, 2.75) is 13.8 Å². The molecule has 0 atom stereocenters. The number of benzene rings is 2. The average Bonchev–Trinajstić information content (AvgIpc) is 2.56. The first-order chi connectivity index (χ1) is 9.86. The maximum atomic E-state index is 4.41. The van der Waals surface area contributed by atoms with Crippen LogP contribution < -0.4 is 5.32 Å². The van der Waals surface area contributed by atoms with Crippen LogP contribution in [0.5, 0.6) is 0 Å². The van der Waals surface area contributed by atoms with Crippen molar-refractivity contribution in [3.05, 3.63) is 54.7 Å². The Balaban J connectivity index is 0.000000704. The Morgan fingerprint density at radius 3 is 2.35 bits per heavy atom. The van der Waals surface area contributed by atoms with Crippen LogP contribution in [-0.4, -0.2) is 17.0 Å². The fraction of sp³-hybridized carbons (Fsp3) is 0.176. The topological polar surface area (TPSA) is 37.8 Å². The van der Waals surface area contributed by atoms with Crippen LogP contribution in [0.2, 0.25) is 0 Å². The number of hydrogen-bond acceptors (Lipinski definition) is 3. The molecule has 0 bridgehead atoms. The molecule has 0 unspecified atom stereocenters. The number of rotatable bonds is 2. The average molecular weight is 265 g/mol. The Labute approximate surface area is 119 Å². The van der Waals surface area contributed by atoms with E-state index in [1.165, 1.54) is 11.1 Å². The fourth-order valence-electron chi connectivity index (χ4n) is 1.96. The van der Waals surface area contributed by atoms with Gasteiger partial charge in [-0.05, 0) is 23.3 Å². The first-order valence-corrected chi connectivity index (χ1v) is 6.87. The lowest BCUT2D eigenvalue weighted by Gasteiger charge is -2.04. The molecular formula is C17H19N3. The summed E-state index contributed by atoms with van der Waals surface area (Å²) in [6, 6.07) is 16.5. The predicted octanol–water partition coefficient (Wildman–Crippen LogP) is 4.36. The minimum atomic E-state index is 0.648. The zero-order valence-corrected chi connectivity index (χ0v) is 12.1. The van der Waals surface area contributed by atoms with E-state index in [9.17, 15) is 0 Å². The summed E-state index contributed by atoms with van der Waals surface area (Å²) in [5.74, 6) is 0.648. The molecular weight excluding hydrogens is 246 g/mol. The van der Waals surface area contributed by atoms with Gasteiger partial charge in [0.05, 0.1) is 5.52 Å². The highest BCUT2D eigenvalue weighted by Gasteiger charge is 2.01. The second-order valence-electron chi connectivity index (χ2n) is 4.08. The van der Waals surface area contributed by atoms with Crippen molar-refractivity contribution < 1.29 is 0 Å². The van der Waals surface area contributed by atoms with Gasteiger partial charge < -0.3 is 5.32 Å². The van der Waals surface area contributed by atoms with Crippen LogP contribution in [-0.2, 0) is 0 Å². The zero-order valence-electron chi connectivity index (χ0n) is 12.1. The van der Waals surface area contributed by atoms with Crippen LogP contribution in [0.25, 0.3) is 22.0 Å². The molecule has 0 aliphatic rings. The lowest BCUT2D eigenvalue weighted by Crippen LogP contribution is -1.95. The summed E-state index contributed by atoms with van der Waals surface area (Å²) in [5, 5.41) is 3.99. The van der Waals surface area contributed by atoms with E-state index in [1.807, 2.05) is 51.4 Å². The smallest absolute Gasteiger partial charge is 0.222 e. The molecule has 3 heteroatoms. The van der Waals surface area contributed by atoms with E-state index < -0.39 is 0 Å². The molecule has 0 spiro atoms. The summed E-state index contributed by atoms with van der Waals surface area (Å²) in [6.45, 7) is 4.00. The van der Waals surface area contributed by atoms with E-state index in [-0.39, 0.29) is 0 Å². The molecule has 0 aliphatic heterocycles. The molecule has 1 heterocycles. The summed E-state index contributed by atoms with van der Waals surface area (Å²) in [6.07, 6.45) is 1.85. The minimum absolute atomic E-state index is 0.648. The molecule has 0 fully saturated rings. The molecule has 1 N–H and O–H groups in total. The molecule has 0 saturated carbocycles. The highest BCUT2D eigenvalue weighted by molar-refractivity contribution is 5.84. The van der Waals surface area contributed by atoms with E-state index in [1.54, 1.807) is 0 Å². The van der Waals surface area contributed by atoms with Crippen molar-refractivity contribution in [2.75, 3.05) is 12.4 Å². The number of hydrogen-bond donors (Lipinski definition) is 1. The molecule has 1 aromatic heterocycles. The Morgan fingerprint density at radius 1 is 0.900 bits per heavy atom. The number of anilines is 1. The van der Waals surface area contributed by atoms with E-state index in [0.717, 1.165) is 10.9 Å². The first kappa shape index (κ1) is 14.0. The summed E-state index contributed by atoms with van der Waals surface area (Å²) in [5.41, 5.74) is 3.34. The Hall–Kier alpha value is -2.42. The molecule has 0 aliphatic carbocycles. The van der Waals surface area contributed by atoms with Crippen molar-refractivity contribution in [3.8, 4) is 11.1 Å². The Morgan fingerprint density at radius 2 is 1.65 bits per heavy atom. The van der Waals surface area contributed by atoms with Gasteiger partial charge in [-0.15, -0.1) is 0 Å². The SMILES string of the molecule is CC.CNc1ncc2cc(-c3ccccc3)ccc2n1. The molecule has 0 amide bonds. The predicted molar refractivity (Wildman–Crippen MR) is 85.9 cm³/mol. The number of nitrogens with zero attached hydrogens (tertiary/aromatic N) is 2. The lowest BCUT2D eigenvalue weighted by molar-refractivity contribution is 1.19. The van der Waals surface area contributed by atoms with Crippen molar-refractivity contribution >= 4 is 16.9 Å². The van der Waals surface area contributed by atoms with Crippen molar-refractivity contribution in [1.82, 2.24) is 9.97 Å². The van der Waals surface area contributed by atoms with Gasteiger partial charge in [0.1, 0.15) is 0 Å². The van der Waals surface area contributed by atoms with Crippen molar-refractivity contribution in [1.29, 1.82) is 0 Å². The molecule has 3 nitrogen and oxygen atoms in total. The molecule has 3 rings (SSSR count). The molecule has 20 heavy (non-hydrogen) atoms. The van der Waals surface area contributed by atoms with Gasteiger partial charge in [0.15, 0.2) is 0 Å². The van der Waals surface area contributed by atoms with Crippen LogP contribution in [0.15, 0.2) is 54.7 Å². The molecule has 3 aromatic rings. The second-order valence-corrected chi connectivity index (χ2v) is 4.08. The van der Waals surface area contributed by atoms with Gasteiger partial charge in [0.25, 0.3) is 0 Å².